The maximum absolute atomic E-state index is 13.0. The van der Waals surface area contributed by atoms with E-state index < -0.39 is 24.3 Å². The molecule has 0 N–H and O–H groups in total. The predicted octanol–water partition coefficient (Wildman–Crippen LogP) is 5.08. The van der Waals surface area contributed by atoms with Gasteiger partial charge in [0, 0.05) is 10.6 Å². The molecule has 10 heteroatoms. The van der Waals surface area contributed by atoms with Gasteiger partial charge in [-0.15, -0.1) is 10.2 Å². The van der Waals surface area contributed by atoms with Crippen LogP contribution in [0.4, 0.5) is 13.2 Å². The van der Waals surface area contributed by atoms with Crippen LogP contribution in [0.15, 0.2) is 53.9 Å². The zero-order valence-corrected chi connectivity index (χ0v) is 16.7. The van der Waals surface area contributed by atoms with Crippen molar-refractivity contribution in [1.82, 2.24) is 14.8 Å². The van der Waals surface area contributed by atoms with Gasteiger partial charge in [-0.25, -0.2) is 0 Å². The van der Waals surface area contributed by atoms with E-state index in [1.54, 1.807) is 10.6 Å². The summed E-state index contributed by atoms with van der Waals surface area (Å²) in [5, 5.41) is 8.80. The Kier molecular flexibility index (Phi) is 6.49. The molecule has 0 unspecified atom stereocenters. The fourth-order valence-corrected chi connectivity index (χ4v) is 3.38. The lowest BCUT2D eigenvalue weighted by Gasteiger charge is -2.12. The van der Waals surface area contributed by atoms with Crippen LogP contribution in [-0.2, 0) is 22.3 Å². The molecule has 0 bridgehead atoms. The highest BCUT2D eigenvalue weighted by atomic mass is 35.5. The van der Waals surface area contributed by atoms with E-state index in [9.17, 15) is 18.0 Å². The van der Waals surface area contributed by atoms with Crippen LogP contribution in [0, 0.1) is 6.92 Å². The van der Waals surface area contributed by atoms with Crippen molar-refractivity contribution < 1.29 is 22.7 Å². The van der Waals surface area contributed by atoms with Crippen LogP contribution in [0.1, 0.15) is 16.7 Å². The number of aryl methyl sites for hydroxylation is 1. The Balaban J connectivity index is 1.62. The standard InChI is InChI=1S/C19H15ClF3N3O2S/c1-12-6-7-14(8-16(12)20)26-11-24-25-18(26)29-10-17(27)28-9-13-4-2-3-5-15(13)19(21,22)23/h2-8,11H,9-10H2,1H3. The number of aromatic nitrogens is 3. The van der Waals surface area contributed by atoms with Crippen molar-refractivity contribution in [3.63, 3.8) is 0 Å². The van der Waals surface area contributed by atoms with Gasteiger partial charge in [-0.05, 0) is 30.7 Å². The fraction of sp³-hybridized carbons (Fsp3) is 0.211. The maximum Gasteiger partial charge on any atom is 0.416 e. The molecule has 0 saturated heterocycles. The number of esters is 1. The fourth-order valence-electron chi connectivity index (χ4n) is 2.48. The van der Waals surface area contributed by atoms with E-state index in [2.05, 4.69) is 10.2 Å². The molecule has 3 rings (SSSR count). The molecule has 0 spiro atoms. The Morgan fingerprint density at radius 2 is 2.00 bits per heavy atom. The van der Waals surface area contributed by atoms with E-state index in [1.807, 2.05) is 19.1 Å². The first kappa shape index (κ1) is 21.2. The Labute approximate surface area is 173 Å². The van der Waals surface area contributed by atoms with Crippen molar-refractivity contribution >= 4 is 29.3 Å². The van der Waals surface area contributed by atoms with Crippen LogP contribution in [0.5, 0.6) is 0 Å². The molecule has 1 heterocycles. The van der Waals surface area contributed by atoms with E-state index in [-0.39, 0.29) is 11.3 Å². The number of hydrogen-bond donors (Lipinski definition) is 0. The number of hydrogen-bond acceptors (Lipinski definition) is 5. The maximum atomic E-state index is 13.0. The second kappa shape index (κ2) is 8.87. The number of halogens is 4. The number of alkyl halides is 3. The summed E-state index contributed by atoms with van der Waals surface area (Å²) < 4.78 is 45.6. The third-order valence-corrected chi connectivity index (χ3v) is 5.30. The van der Waals surface area contributed by atoms with E-state index in [0.29, 0.717) is 10.2 Å². The summed E-state index contributed by atoms with van der Waals surface area (Å²) in [5.74, 6) is -0.796. The highest BCUT2D eigenvalue weighted by Gasteiger charge is 2.33. The van der Waals surface area contributed by atoms with Crippen LogP contribution >= 0.6 is 23.4 Å². The van der Waals surface area contributed by atoms with Crippen molar-refractivity contribution in [3.05, 3.63) is 70.5 Å². The zero-order chi connectivity index (χ0) is 21.0. The average molecular weight is 442 g/mol. The summed E-state index contributed by atoms with van der Waals surface area (Å²) in [4.78, 5) is 12.0. The highest BCUT2D eigenvalue weighted by Crippen LogP contribution is 2.32. The van der Waals surface area contributed by atoms with E-state index >= 15 is 0 Å². The smallest absolute Gasteiger partial charge is 0.416 e. The Bertz CT molecular complexity index is 1020. The molecule has 2 aromatic carbocycles. The number of carbonyl (C=O) groups is 1. The van der Waals surface area contributed by atoms with E-state index in [0.717, 1.165) is 29.1 Å². The lowest BCUT2D eigenvalue weighted by atomic mass is 10.1. The van der Waals surface area contributed by atoms with Gasteiger partial charge in [0.1, 0.15) is 12.9 Å². The zero-order valence-electron chi connectivity index (χ0n) is 15.1. The molecule has 0 amide bonds. The van der Waals surface area contributed by atoms with Crippen LogP contribution in [0.3, 0.4) is 0 Å². The molecule has 0 aliphatic carbocycles. The minimum atomic E-state index is -4.51. The highest BCUT2D eigenvalue weighted by molar-refractivity contribution is 7.99. The van der Waals surface area contributed by atoms with Gasteiger partial charge >= 0.3 is 12.1 Å². The molecule has 152 valence electrons. The molecule has 1 aromatic heterocycles. The quantitative estimate of drug-likeness (QED) is 0.394. The number of rotatable bonds is 6. The lowest BCUT2D eigenvalue weighted by molar-refractivity contribution is -0.145. The van der Waals surface area contributed by atoms with Gasteiger partial charge in [0.05, 0.1) is 17.0 Å². The van der Waals surface area contributed by atoms with Crippen LogP contribution in [0.25, 0.3) is 5.69 Å². The molecule has 29 heavy (non-hydrogen) atoms. The van der Waals surface area contributed by atoms with Crippen molar-refractivity contribution in [2.45, 2.75) is 24.9 Å². The molecule has 0 radical (unpaired) electrons. The third-order valence-electron chi connectivity index (χ3n) is 3.98. The number of carbonyl (C=O) groups excluding carboxylic acids is 1. The Hall–Kier alpha value is -2.52. The normalized spacial score (nSPS) is 11.5. The van der Waals surface area contributed by atoms with Crippen molar-refractivity contribution in [2.75, 3.05) is 5.75 Å². The molecule has 3 aromatic rings. The Morgan fingerprint density at radius 3 is 2.72 bits per heavy atom. The molecule has 0 atom stereocenters. The molecular formula is C19H15ClF3N3O2S. The SMILES string of the molecule is Cc1ccc(-n2cnnc2SCC(=O)OCc2ccccc2C(F)(F)F)cc1Cl. The monoisotopic (exact) mass is 441 g/mol. The lowest BCUT2D eigenvalue weighted by Crippen LogP contribution is -2.13. The van der Waals surface area contributed by atoms with Gasteiger partial charge in [0.2, 0.25) is 0 Å². The molecule has 5 nitrogen and oxygen atoms in total. The topological polar surface area (TPSA) is 57.0 Å². The van der Waals surface area contributed by atoms with Gasteiger partial charge in [-0.1, -0.05) is 47.6 Å². The van der Waals surface area contributed by atoms with Crippen molar-refractivity contribution in [2.24, 2.45) is 0 Å². The van der Waals surface area contributed by atoms with Gasteiger partial charge in [-0.3, -0.25) is 9.36 Å². The molecule has 0 fully saturated rings. The summed E-state index contributed by atoms with van der Waals surface area (Å²) >= 11 is 7.20. The van der Waals surface area contributed by atoms with Crippen LogP contribution in [0.2, 0.25) is 5.02 Å². The van der Waals surface area contributed by atoms with E-state index in [4.69, 9.17) is 16.3 Å². The summed E-state index contributed by atoms with van der Waals surface area (Å²) in [6.07, 6.45) is -3.03. The first-order valence-corrected chi connectivity index (χ1v) is 9.72. The minimum absolute atomic E-state index is 0.101. The molecule has 0 aliphatic heterocycles. The summed E-state index contributed by atoms with van der Waals surface area (Å²) in [6, 6.07) is 10.4. The van der Waals surface area contributed by atoms with Crippen LogP contribution < -0.4 is 0 Å². The van der Waals surface area contributed by atoms with Gasteiger partial charge in [0.25, 0.3) is 0 Å². The number of ether oxygens (including phenoxy) is 1. The van der Waals surface area contributed by atoms with Gasteiger partial charge in [0.15, 0.2) is 5.16 Å². The first-order chi connectivity index (χ1) is 13.8. The number of benzene rings is 2. The summed E-state index contributed by atoms with van der Waals surface area (Å²) in [5.41, 5.74) is 0.716. The number of nitrogens with zero attached hydrogens (tertiary/aromatic N) is 3. The molecule has 0 saturated carbocycles. The molecule has 0 aliphatic rings. The first-order valence-electron chi connectivity index (χ1n) is 8.36. The third kappa shape index (κ3) is 5.30. The summed E-state index contributed by atoms with van der Waals surface area (Å²) in [6.45, 7) is 1.41. The second-order valence-corrected chi connectivity index (χ2v) is 7.37. The largest absolute Gasteiger partial charge is 0.460 e. The van der Waals surface area contributed by atoms with Crippen LogP contribution in [-0.4, -0.2) is 26.5 Å². The average Bonchev–Trinajstić information content (AvgIpc) is 3.15. The molecular weight excluding hydrogens is 427 g/mol. The second-order valence-electron chi connectivity index (χ2n) is 6.02. The minimum Gasteiger partial charge on any atom is -0.460 e. The van der Waals surface area contributed by atoms with Crippen molar-refractivity contribution in [3.8, 4) is 5.69 Å². The van der Waals surface area contributed by atoms with Gasteiger partial charge < -0.3 is 4.74 Å². The van der Waals surface area contributed by atoms with Gasteiger partial charge in [-0.2, -0.15) is 13.2 Å². The van der Waals surface area contributed by atoms with Crippen molar-refractivity contribution in [1.29, 1.82) is 0 Å². The number of thioether (sulfide) groups is 1. The van der Waals surface area contributed by atoms with E-state index in [1.165, 1.54) is 24.5 Å². The Morgan fingerprint density at radius 1 is 1.24 bits per heavy atom. The predicted molar refractivity (Wildman–Crippen MR) is 103 cm³/mol. The summed E-state index contributed by atoms with van der Waals surface area (Å²) in [7, 11) is 0.